The molecule has 0 aromatic heterocycles. The van der Waals surface area contributed by atoms with Crippen LogP contribution in [-0.4, -0.2) is 49.3 Å². The molecule has 3 nitrogen and oxygen atoms in total. The van der Waals surface area contributed by atoms with Crippen molar-refractivity contribution < 1.29 is 4.74 Å². The van der Waals surface area contributed by atoms with Crippen LogP contribution in [0, 0.1) is 5.92 Å². The zero-order valence-corrected chi connectivity index (χ0v) is 13.0. The van der Waals surface area contributed by atoms with Gasteiger partial charge < -0.3 is 10.1 Å². The fourth-order valence-corrected chi connectivity index (χ4v) is 2.62. The predicted molar refractivity (Wildman–Crippen MR) is 78.0 cm³/mol. The summed E-state index contributed by atoms with van der Waals surface area (Å²) in [7, 11) is 0. The maximum atomic E-state index is 5.71. The lowest BCUT2D eigenvalue weighted by Gasteiger charge is -2.46. The molecule has 0 saturated carbocycles. The molecule has 3 heteroatoms. The second-order valence-corrected chi connectivity index (χ2v) is 6.51. The lowest BCUT2D eigenvalue weighted by atomic mass is 9.93. The molecule has 108 valence electrons. The van der Waals surface area contributed by atoms with Gasteiger partial charge in [0.1, 0.15) is 0 Å². The number of nitrogens with one attached hydrogen (secondary N) is 1. The minimum absolute atomic E-state index is 0.231. The van der Waals surface area contributed by atoms with Crippen molar-refractivity contribution in [3.8, 4) is 0 Å². The number of hydrogen-bond donors (Lipinski definition) is 1. The average Bonchev–Trinajstić information content (AvgIpc) is 2.27. The predicted octanol–water partition coefficient (Wildman–Crippen LogP) is 2.51. The summed E-state index contributed by atoms with van der Waals surface area (Å²) in [5.74, 6) is 0.698. The Morgan fingerprint density at radius 2 is 2.06 bits per heavy atom. The number of hydrogen-bond acceptors (Lipinski definition) is 3. The largest absolute Gasteiger partial charge is 0.380 e. The summed E-state index contributed by atoms with van der Waals surface area (Å²) in [6.45, 7) is 16.5. The molecule has 1 heterocycles. The molecule has 1 atom stereocenters. The van der Waals surface area contributed by atoms with Gasteiger partial charge in [-0.05, 0) is 26.2 Å². The Labute approximate surface area is 113 Å². The number of nitrogens with zero attached hydrogens (tertiary/aromatic N) is 1. The molecule has 0 aliphatic carbocycles. The molecular formula is C15H32N2O. The second-order valence-electron chi connectivity index (χ2n) is 6.51. The standard InChI is InChI=1S/C15H32N2O/c1-6-7-9-18-10-8-17-12-15(4,5)16-11-14(17)13(2)3/h13-14,16H,6-12H2,1-5H3. The van der Waals surface area contributed by atoms with E-state index >= 15 is 0 Å². The van der Waals surface area contributed by atoms with Crippen molar-refractivity contribution in [2.45, 2.75) is 59.0 Å². The quantitative estimate of drug-likeness (QED) is 0.708. The molecule has 1 aliphatic rings. The fraction of sp³-hybridized carbons (Fsp3) is 1.00. The van der Waals surface area contributed by atoms with Gasteiger partial charge in [-0.25, -0.2) is 0 Å². The Balaban J connectivity index is 2.37. The van der Waals surface area contributed by atoms with Gasteiger partial charge in [-0.1, -0.05) is 27.2 Å². The molecule has 1 N–H and O–H groups in total. The van der Waals surface area contributed by atoms with E-state index in [0.717, 1.165) is 32.8 Å². The Kier molecular flexibility index (Phi) is 6.61. The van der Waals surface area contributed by atoms with Crippen molar-refractivity contribution >= 4 is 0 Å². The first-order chi connectivity index (χ1) is 8.46. The average molecular weight is 256 g/mol. The van der Waals surface area contributed by atoms with Gasteiger partial charge in [0.15, 0.2) is 0 Å². The van der Waals surface area contributed by atoms with Crippen molar-refractivity contribution in [3.05, 3.63) is 0 Å². The van der Waals surface area contributed by atoms with Gasteiger partial charge in [0.05, 0.1) is 6.61 Å². The summed E-state index contributed by atoms with van der Waals surface area (Å²) in [5, 5.41) is 3.65. The van der Waals surface area contributed by atoms with Crippen LogP contribution in [0.25, 0.3) is 0 Å². The number of rotatable bonds is 7. The van der Waals surface area contributed by atoms with Crippen LogP contribution in [0.4, 0.5) is 0 Å². The molecule has 18 heavy (non-hydrogen) atoms. The number of unbranched alkanes of at least 4 members (excludes halogenated alkanes) is 1. The highest BCUT2D eigenvalue weighted by atomic mass is 16.5. The smallest absolute Gasteiger partial charge is 0.0593 e. The van der Waals surface area contributed by atoms with E-state index in [1.807, 2.05) is 0 Å². The Hall–Kier alpha value is -0.120. The van der Waals surface area contributed by atoms with E-state index in [0.29, 0.717) is 12.0 Å². The first-order valence-corrected chi connectivity index (χ1v) is 7.53. The van der Waals surface area contributed by atoms with E-state index in [1.54, 1.807) is 0 Å². The molecule has 0 amide bonds. The summed E-state index contributed by atoms with van der Waals surface area (Å²) in [6.07, 6.45) is 2.40. The molecule has 1 rings (SSSR count). The lowest BCUT2D eigenvalue weighted by Crippen LogP contribution is -2.63. The normalized spacial score (nSPS) is 24.7. The van der Waals surface area contributed by atoms with Crippen LogP contribution in [0.15, 0.2) is 0 Å². The first-order valence-electron chi connectivity index (χ1n) is 7.53. The van der Waals surface area contributed by atoms with Crippen LogP contribution in [0.1, 0.15) is 47.5 Å². The van der Waals surface area contributed by atoms with E-state index in [4.69, 9.17) is 4.74 Å². The van der Waals surface area contributed by atoms with Crippen LogP contribution in [0.2, 0.25) is 0 Å². The van der Waals surface area contributed by atoms with Gasteiger partial charge in [-0.3, -0.25) is 4.90 Å². The molecule has 1 unspecified atom stereocenters. The molecule has 1 aliphatic heterocycles. The summed E-state index contributed by atoms with van der Waals surface area (Å²) >= 11 is 0. The third kappa shape index (κ3) is 5.25. The minimum atomic E-state index is 0.231. The maximum Gasteiger partial charge on any atom is 0.0593 e. The third-order valence-electron chi connectivity index (χ3n) is 3.79. The Bertz CT molecular complexity index is 229. The summed E-state index contributed by atoms with van der Waals surface area (Å²) in [6, 6.07) is 0.646. The molecule has 0 aromatic rings. The van der Waals surface area contributed by atoms with E-state index in [1.165, 1.54) is 12.8 Å². The number of ether oxygens (including phenoxy) is 1. The van der Waals surface area contributed by atoms with E-state index < -0.39 is 0 Å². The van der Waals surface area contributed by atoms with Gasteiger partial charge in [0.25, 0.3) is 0 Å². The molecule has 0 spiro atoms. The van der Waals surface area contributed by atoms with E-state index in [2.05, 4.69) is 44.8 Å². The van der Waals surface area contributed by atoms with Gasteiger partial charge in [-0.2, -0.15) is 0 Å². The van der Waals surface area contributed by atoms with Crippen molar-refractivity contribution in [1.82, 2.24) is 10.2 Å². The minimum Gasteiger partial charge on any atom is -0.380 e. The first kappa shape index (κ1) is 15.9. The van der Waals surface area contributed by atoms with E-state index in [-0.39, 0.29) is 5.54 Å². The zero-order valence-electron chi connectivity index (χ0n) is 13.0. The fourth-order valence-electron chi connectivity index (χ4n) is 2.62. The van der Waals surface area contributed by atoms with Crippen molar-refractivity contribution in [3.63, 3.8) is 0 Å². The Morgan fingerprint density at radius 1 is 1.33 bits per heavy atom. The molecule has 0 aromatic carbocycles. The summed E-state index contributed by atoms with van der Waals surface area (Å²) < 4.78 is 5.71. The van der Waals surface area contributed by atoms with Crippen LogP contribution < -0.4 is 5.32 Å². The highest BCUT2D eigenvalue weighted by molar-refractivity contribution is 4.93. The van der Waals surface area contributed by atoms with Gasteiger partial charge in [0.2, 0.25) is 0 Å². The monoisotopic (exact) mass is 256 g/mol. The van der Waals surface area contributed by atoms with Crippen LogP contribution in [0.5, 0.6) is 0 Å². The van der Waals surface area contributed by atoms with Crippen molar-refractivity contribution in [2.24, 2.45) is 5.92 Å². The molecule has 1 saturated heterocycles. The Morgan fingerprint density at radius 3 is 2.67 bits per heavy atom. The zero-order chi connectivity index (χ0) is 13.6. The third-order valence-corrected chi connectivity index (χ3v) is 3.79. The molecule has 0 radical (unpaired) electrons. The van der Waals surface area contributed by atoms with Crippen molar-refractivity contribution in [2.75, 3.05) is 32.8 Å². The van der Waals surface area contributed by atoms with Crippen molar-refractivity contribution in [1.29, 1.82) is 0 Å². The highest BCUT2D eigenvalue weighted by Crippen LogP contribution is 2.19. The lowest BCUT2D eigenvalue weighted by molar-refractivity contribution is 0.0332. The molecular weight excluding hydrogens is 224 g/mol. The van der Waals surface area contributed by atoms with Crippen LogP contribution in [0.3, 0.4) is 0 Å². The summed E-state index contributed by atoms with van der Waals surface area (Å²) in [4.78, 5) is 2.60. The highest BCUT2D eigenvalue weighted by Gasteiger charge is 2.33. The SMILES string of the molecule is CCCCOCCN1CC(C)(C)NCC1C(C)C. The summed E-state index contributed by atoms with van der Waals surface area (Å²) in [5.41, 5.74) is 0.231. The molecule has 0 bridgehead atoms. The molecule has 1 fully saturated rings. The van der Waals surface area contributed by atoms with Gasteiger partial charge in [0, 0.05) is 37.8 Å². The second kappa shape index (κ2) is 7.46. The van der Waals surface area contributed by atoms with Gasteiger partial charge >= 0.3 is 0 Å². The van der Waals surface area contributed by atoms with Gasteiger partial charge in [-0.15, -0.1) is 0 Å². The van der Waals surface area contributed by atoms with Crippen LogP contribution in [-0.2, 0) is 4.74 Å². The van der Waals surface area contributed by atoms with Crippen LogP contribution >= 0.6 is 0 Å². The maximum absolute atomic E-state index is 5.71. The topological polar surface area (TPSA) is 24.5 Å². The number of piperazine rings is 1. The van der Waals surface area contributed by atoms with E-state index in [9.17, 15) is 0 Å².